The fourth-order valence-electron chi connectivity index (χ4n) is 2.04. The molecular formula is C13H27N3OS. The highest BCUT2D eigenvalue weighted by Crippen LogP contribution is 2.07. The Bertz CT molecular complexity index is 228. The number of hydrogen-bond donors (Lipinski definition) is 2. The first-order valence-electron chi connectivity index (χ1n) is 7.06. The highest BCUT2D eigenvalue weighted by atomic mass is 32.2. The zero-order chi connectivity index (χ0) is 13.2. The molecule has 0 atom stereocenters. The molecule has 2 N–H and O–H groups in total. The minimum atomic E-state index is 0.123. The summed E-state index contributed by atoms with van der Waals surface area (Å²) in [6.45, 7) is 8.99. The molecule has 1 saturated heterocycles. The predicted molar refractivity (Wildman–Crippen MR) is 79.1 cm³/mol. The molecule has 1 heterocycles. The normalized spacial score (nSPS) is 17.1. The van der Waals surface area contributed by atoms with Crippen molar-refractivity contribution in [1.82, 2.24) is 15.5 Å². The van der Waals surface area contributed by atoms with E-state index < -0.39 is 0 Å². The number of hydrogen-bond acceptors (Lipinski definition) is 4. The number of thioether (sulfide) groups is 1. The lowest BCUT2D eigenvalue weighted by atomic mass is 10.2. The van der Waals surface area contributed by atoms with Gasteiger partial charge in [0.25, 0.3) is 0 Å². The van der Waals surface area contributed by atoms with E-state index in [2.05, 4.69) is 29.4 Å². The molecule has 1 rings (SSSR count). The number of nitrogens with one attached hydrogen (secondary N) is 2. The van der Waals surface area contributed by atoms with Crippen LogP contribution in [0.2, 0.25) is 0 Å². The molecule has 0 radical (unpaired) electrons. The molecular weight excluding hydrogens is 246 g/mol. The van der Waals surface area contributed by atoms with Gasteiger partial charge in [-0.05, 0) is 12.8 Å². The highest BCUT2D eigenvalue weighted by molar-refractivity contribution is 7.99. The van der Waals surface area contributed by atoms with E-state index in [1.54, 1.807) is 0 Å². The van der Waals surface area contributed by atoms with Gasteiger partial charge >= 0.3 is 0 Å². The second-order valence-corrected chi connectivity index (χ2v) is 5.94. The lowest BCUT2D eigenvalue weighted by molar-refractivity contribution is -0.121. The Kier molecular flexibility index (Phi) is 8.46. The monoisotopic (exact) mass is 273 g/mol. The summed E-state index contributed by atoms with van der Waals surface area (Å²) in [5.74, 6) is 2.61. The molecule has 0 aromatic carbocycles. The van der Waals surface area contributed by atoms with Gasteiger partial charge in [0.05, 0.1) is 6.54 Å². The summed E-state index contributed by atoms with van der Waals surface area (Å²) in [6, 6.07) is 0.332. The first-order chi connectivity index (χ1) is 8.76. The van der Waals surface area contributed by atoms with Crippen LogP contribution in [0.4, 0.5) is 0 Å². The summed E-state index contributed by atoms with van der Waals surface area (Å²) in [5.41, 5.74) is 0. The van der Waals surface area contributed by atoms with Crippen molar-refractivity contribution in [2.24, 2.45) is 0 Å². The fourth-order valence-corrected chi connectivity index (χ4v) is 3.01. The molecule has 1 fully saturated rings. The van der Waals surface area contributed by atoms with E-state index in [9.17, 15) is 4.79 Å². The Labute approximate surface area is 115 Å². The van der Waals surface area contributed by atoms with Crippen LogP contribution in [0.5, 0.6) is 0 Å². The third-order valence-electron chi connectivity index (χ3n) is 3.34. The molecule has 0 spiro atoms. The molecule has 1 aliphatic heterocycles. The molecule has 0 bridgehead atoms. The Morgan fingerprint density at radius 1 is 1.28 bits per heavy atom. The topological polar surface area (TPSA) is 44.4 Å². The van der Waals surface area contributed by atoms with Crippen molar-refractivity contribution in [2.75, 3.05) is 44.2 Å². The van der Waals surface area contributed by atoms with E-state index in [-0.39, 0.29) is 5.91 Å². The summed E-state index contributed by atoms with van der Waals surface area (Å²) in [4.78, 5) is 14.1. The van der Waals surface area contributed by atoms with Gasteiger partial charge in [-0.25, -0.2) is 0 Å². The molecule has 0 aliphatic carbocycles. The summed E-state index contributed by atoms with van der Waals surface area (Å²) >= 11 is 2.03. The second-order valence-electron chi connectivity index (χ2n) is 4.71. The average Bonchev–Trinajstić information content (AvgIpc) is 2.42. The van der Waals surface area contributed by atoms with Gasteiger partial charge in [0, 0.05) is 43.7 Å². The largest absolute Gasteiger partial charge is 0.352 e. The maximum Gasteiger partial charge on any atom is 0.234 e. The average molecular weight is 273 g/mol. The Morgan fingerprint density at radius 2 is 1.94 bits per heavy atom. The van der Waals surface area contributed by atoms with Crippen LogP contribution in [-0.4, -0.2) is 61.1 Å². The van der Waals surface area contributed by atoms with Crippen LogP contribution in [-0.2, 0) is 4.79 Å². The van der Waals surface area contributed by atoms with E-state index in [0.717, 1.165) is 25.9 Å². The second kappa shape index (κ2) is 9.64. The molecule has 0 saturated carbocycles. The van der Waals surface area contributed by atoms with Crippen molar-refractivity contribution in [3.05, 3.63) is 0 Å². The van der Waals surface area contributed by atoms with Gasteiger partial charge in [0.2, 0.25) is 5.91 Å². The maximum atomic E-state index is 11.6. The Balaban J connectivity index is 2.01. The number of amides is 1. The van der Waals surface area contributed by atoms with Gasteiger partial charge in [-0.1, -0.05) is 13.8 Å². The number of carbonyl (C=O) groups is 1. The summed E-state index contributed by atoms with van der Waals surface area (Å²) in [6.07, 6.45) is 2.02. The Hall–Kier alpha value is -0.260. The van der Waals surface area contributed by atoms with E-state index >= 15 is 0 Å². The third-order valence-corrected chi connectivity index (χ3v) is 4.29. The Morgan fingerprint density at radius 3 is 2.56 bits per heavy atom. The number of rotatable bonds is 8. The lowest BCUT2D eigenvalue weighted by Crippen LogP contribution is -2.43. The zero-order valence-electron chi connectivity index (χ0n) is 11.7. The van der Waals surface area contributed by atoms with Crippen molar-refractivity contribution < 1.29 is 4.79 Å². The molecule has 1 aliphatic rings. The van der Waals surface area contributed by atoms with Gasteiger partial charge < -0.3 is 15.5 Å². The summed E-state index contributed by atoms with van der Waals surface area (Å²) < 4.78 is 0. The SMILES string of the molecule is CCC(CC)NC(=O)CNCCN1CCSCC1. The van der Waals surface area contributed by atoms with Crippen LogP contribution in [0.15, 0.2) is 0 Å². The predicted octanol–water partition coefficient (Wildman–Crippen LogP) is 0.930. The van der Waals surface area contributed by atoms with Gasteiger partial charge in [0.1, 0.15) is 0 Å². The molecule has 0 aromatic heterocycles. The van der Waals surface area contributed by atoms with E-state index in [1.807, 2.05) is 11.8 Å². The van der Waals surface area contributed by atoms with Gasteiger partial charge in [0.15, 0.2) is 0 Å². The molecule has 1 amide bonds. The number of carbonyl (C=O) groups excluding carboxylic acids is 1. The van der Waals surface area contributed by atoms with Crippen LogP contribution in [0.1, 0.15) is 26.7 Å². The third kappa shape index (κ3) is 6.61. The fraction of sp³-hybridized carbons (Fsp3) is 0.923. The standard InChI is InChI=1S/C13H27N3OS/c1-3-12(4-2)15-13(17)11-14-5-6-16-7-9-18-10-8-16/h12,14H,3-11H2,1-2H3,(H,15,17). The van der Waals surface area contributed by atoms with E-state index in [1.165, 1.54) is 24.6 Å². The van der Waals surface area contributed by atoms with Crippen molar-refractivity contribution in [3.63, 3.8) is 0 Å². The first kappa shape index (κ1) is 15.8. The van der Waals surface area contributed by atoms with Crippen molar-refractivity contribution in [3.8, 4) is 0 Å². The van der Waals surface area contributed by atoms with Crippen LogP contribution in [0, 0.1) is 0 Å². The number of nitrogens with zero attached hydrogens (tertiary/aromatic N) is 1. The smallest absolute Gasteiger partial charge is 0.234 e. The molecule has 4 nitrogen and oxygen atoms in total. The molecule has 0 aromatic rings. The molecule has 0 unspecified atom stereocenters. The minimum Gasteiger partial charge on any atom is -0.352 e. The summed E-state index contributed by atoms with van der Waals surface area (Å²) in [7, 11) is 0. The van der Waals surface area contributed by atoms with Crippen LogP contribution >= 0.6 is 11.8 Å². The van der Waals surface area contributed by atoms with Crippen molar-refractivity contribution in [1.29, 1.82) is 0 Å². The van der Waals surface area contributed by atoms with Crippen molar-refractivity contribution in [2.45, 2.75) is 32.7 Å². The zero-order valence-corrected chi connectivity index (χ0v) is 12.5. The van der Waals surface area contributed by atoms with E-state index in [0.29, 0.717) is 12.6 Å². The first-order valence-corrected chi connectivity index (χ1v) is 8.21. The van der Waals surface area contributed by atoms with Crippen molar-refractivity contribution >= 4 is 17.7 Å². The maximum absolute atomic E-state index is 11.6. The van der Waals surface area contributed by atoms with E-state index in [4.69, 9.17) is 0 Å². The molecule has 106 valence electrons. The van der Waals surface area contributed by atoms with Gasteiger partial charge in [-0.15, -0.1) is 0 Å². The van der Waals surface area contributed by atoms with Gasteiger partial charge in [-0.2, -0.15) is 11.8 Å². The minimum absolute atomic E-state index is 0.123. The lowest BCUT2D eigenvalue weighted by Gasteiger charge is -2.26. The van der Waals surface area contributed by atoms with Crippen LogP contribution in [0.25, 0.3) is 0 Å². The highest BCUT2D eigenvalue weighted by Gasteiger charge is 2.10. The van der Waals surface area contributed by atoms with Gasteiger partial charge in [-0.3, -0.25) is 4.79 Å². The van der Waals surface area contributed by atoms with Crippen LogP contribution < -0.4 is 10.6 Å². The molecule has 18 heavy (non-hydrogen) atoms. The van der Waals surface area contributed by atoms with Crippen LogP contribution in [0.3, 0.4) is 0 Å². The summed E-state index contributed by atoms with van der Waals surface area (Å²) in [5, 5.41) is 6.26. The molecule has 5 heteroatoms. The quantitative estimate of drug-likeness (QED) is 0.646.